The lowest BCUT2D eigenvalue weighted by molar-refractivity contribution is -0.164. The van der Waals surface area contributed by atoms with Gasteiger partial charge in [-0.3, -0.25) is 19.2 Å². The standard InChI is InChI=1S/C21H21BrO8/c1-21(29-7-8-30-21)10-14(23)12(20(26)28-3)9-13-17(22)19(25)11-5-4-6-15(27-2)16(11)18(13)24/h4-6,12H,7-10H2,1-3H3. The first kappa shape index (κ1) is 22.3. The van der Waals surface area contributed by atoms with Gasteiger partial charge in [-0.1, -0.05) is 6.07 Å². The Balaban J connectivity index is 1.94. The summed E-state index contributed by atoms with van der Waals surface area (Å²) in [5.74, 6) is -4.43. The van der Waals surface area contributed by atoms with Gasteiger partial charge in [0.15, 0.2) is 17.4 Å². The van der Waals surface area contributed by atoms with Crippen molar-refractivity contribution in [1.29, 1.82) is 0 Å². The Morgan fingerprint density at radius 2 is 1.83 bits per heavy atom. The van der Waals surface area contributed by atoms with Crippen molar-refractivity contribution in [2.24, 2.45) is 5.92 Å². The molecule has 0 aromatic heterocycles. The molecule has 1 fully saturated rings. The SMILES string of the molecule is COC(=O)C(CC1=C(Br)C(=O)c2cccc(OC)c2C1=O)C(=O)CC1(C)OCCO1. The van der Waals surface area contributed by atoms with Crippen molar-refractivity contribution in [3.63, 3.8) is 0 Å². The van der Waals surface area contributed by atoms with E-state index in [-0.39, 0.29) is 39.8 Å². The number of hydrogen-bond donors (Lipinski definition) is 0. The quantitative estimate of drug-likeness (QED) is 0.433. The Morgan fingerprint density at radius 3 is 2.43 bits per heavy atom. The molecule has 9 heteroatoms. The van der Waals surface area contributed by atoms with E-state index in [0.29, 0.717) is 13.2 Å². The minimum atomic E-state index is -1.30. The third kappa shape index (κ3) is 4.10. The van der Waals surface area contributed by atoms with Gasteiger partial charge in [-0.25, -0.2) is 0 Å². The van der Waals surface area contributed by atoms with Crippen LogP contribution in [0.4, 0.5) is 0 Å². The van der Waals surface area contributed by atoms with E-state index in [4.69, 9.17) is 18.9 Å². The summed E-state index contributed by atoms with van der Waals surface area (Å²) >= 11 is 3.18. The zero-order valence-electron chi connectivity index (χ0n) is 16.8. The molecule has 2 aliphatic rings. The Bertz CT molecular complexity index is 942. The zero-order chi connectivity index (χ0) is 22.1. The first-order valence-electron chi connectivity index (χ1n) is 9.26. The van der Waals surface area contributed by atoms with Crippen LogP contribution in [0.3, 0.4) is 0 Å². The lowest BCUT2D eigenvalue weighted by Gasteiger charge is -2.25. The molecule has 1 aliphatic carbocycles. The van der Waals surface area contributed by atoms with E-state index in [1.165, 1.54) is 13.2 Å². The van der Waals surface area contributed by atoms with E-state index in [9.17, 15) is 19.2 Å². The zero-order valence-corrected chi connectivity index (χ0v) is 18.4. The van der Waals surface area contributed by atoms with Crippen molar-refractivity contribution in [2.75, 3.05) is 27.4 Å². The molecule has 0 radical (unpaired) electrons. The van der Waals surface area contributed by atoms with Gasteiger partial charge in [0.2, 0.25) is 5.78 Å². The van der Waals surface area contributed by atoms with Crippen LogP contribution in [0.2, 0.25) is 0 Å². The number of carbonyl (C=O) groups is 4. The lowest BCUT2D eigenvalue weighted by atomic mass is 9.82. The number of fused-ring (bicyclic) bond motifs is 1. The molecular weight excluding hydrogens is 460 g/mol. The molecular formula is C21H21BrO8. The first-order chi connectivity index (χ1) is 14.2. The molecule has 3 rings (SSSR count). The second-order valence-electron chi connectivity index (χ2n) is 7.09. The van der Waals surface area contributed by atoms with Crippen molar-refractivity contribution in [2.45, 2.75) is 25.6 Å². The molecule has 0 spiro atoms. The second kappa shape index (κ2) is 8.79. The van der Waals surface area contributed by atoms with Crippen LogP contribution in [0.15, 0.2) is 28.3 Å². The summed E-state index contributed by atoms with van der Waals surface area (Å²) in [5.41, 5.74) is 0.309. The first-order valence-corrected chi connectivity index (χ1v) is 10.0. The van der Waals surface area contributed by atoms with E-state index in [1.807, 2.05) is 0 Å². The maximum absolute atomic E-state index is 13.2. The molecule has 160 valence electrons. The molecule has 1 atom stereocenters. The van der Waals surface area contributed by atoms with Crippen LogP contribution in [0.5, 0.6) is 5.75 Å². The van der Waals surface area contributed by atoms with E-state index in [2.05, 4.69) is 15.9 Å². The van der Waals surface area contributed by atoms with Crippen LogP contribution >= 0.6 is 15.9 Å². The van der Waals surface area contributed by atoms with E-state index in [1.54, 1.807) is 19.1 Å². The molecule has 30 heavy (non-hydrogen) atoms. The number of hydrogen-bond acceptors (Lipinski definition) is 8. The minimum Gasteiger partial charge on any atom is -0.496 e. The molecule has 1 aliphatic heterocycles. The van der Waals surface area contributed by atoms with Gasteiger partial charge < -0.3 is 18.9 Å². The fourth-order valence-electron chi connectivity index (χ4n) is 3.59. The van der Waals surface area contributed by atoms with E-state index < -0.39 is 35.0 Å². The summed E-state index contributed by atoms with van der Waals surface area (Å²) in [7, 11) is 2.55. The monoisotopic (exact) mass is 480 g/mol. The Kier molecular flexibility index (Phi) is 6.54. The number of rotatable bonds is 7. The highest BCUT2D eigenvalue weighted by Gasteiger charge is 2.41. The van der Waals surface area contributed by atoms with Crippen LogP contribution in [0, 0.1) is 5.92 Å². The van der Waals surface area contributed by atoms with Gasteiger partial charge >= 0.3 is 5.97 Å². The van der Waals surface area contributed by atoms with Crippen LogP contribution in [-0.4, -0.2) is 56.5 Å². The third-order valence-corrected chi connectivity index (χ3v) is 5.97. The fraction of sp³-hybridized carbons (Fsp3) is 0.429. The van der Waals surface area contributed by atoms with Crippen molar-refractivity contribution in [3.05, 3.63) is 39.4 Å². The summed E-state index contributed by atoms with van der Waals surface area (Å²) in [6.45, 7) is 2.29. The maximum atomic E-state index is 13.2. The van der Waals surface area contributed by atoms with Crippen LogP contribution < -0.4 is 4.74 Å². The number of benzene rings is 1. The van der Waals surface area contributed by atoms with Gasteiger partial charge in [-0.05, 0) is 41.4 Å². The highest BCUT2D eigenvalue weighted by atomic mass is 79.9. The van der Waals surface area contributed by atoms with Crippen LogP contribution in [0.1, 0.15) is 40.5 Å². The van der Waals surface area contributed by atoms with Crippen molar-refractivity contribution < 1.29 is 38.1 Å². The highest BCUT2D eigenvalue weighted by Crippen LogP contribution is 2.38. The molecule has 1 unspecified atom stereocenters. The predicted octanol–water partition coefficient (Wildman–Crippen LogP) is 2.62. The number of methoxy groups -OCH3 is 2. The molecule has 0 bridgehead atoms. The average Bonchev–Trinajstić information content (AvgIpc) is 3.16. The Morgan fingerprint density at radius 1 is 1.17 bits per heavy atom. The molecule has 1 heterocycles. The van der Waals surface area contributed by atoms with E-state index >= 15 is 0 Å². The number of esters is 1. The normalized spacial score (nSPS) is 18.8. The number of Topliss-reactive ketones (excluding diaryl/α,β-unsaturated/α-hetero) is 3. The second-order valence-corrected chi connectivity index (χ2v) is 7.88. The predicted molar refractivity (Wildman–Crippen MR) is 108 cm³/mol. The van der Waals surface area contributed by atoms with Crippen LogP contribution in [-0.2, 0) is 23.8 Å². The fourth-order valence-corrected chi connectivity index (χ4v) is 4.14. The van der Waals surface area contributed by atoms with Gasteiger partial charge in [-0.2, -0.15) is 0 Å². The summed E-state index contributed by atoms with van der Waals surface area (Å²) in [4.78, 5) is 51.3. The highest BCUT2D eigenvalue weighted by molar-refractivity contribution is 9.12. The van der Waals surface area contributed by atoms with E-state index in [0.717, 1.165) is 7.11 Å². The molecule has 0 saturated carbocycles. The molecule has 1 saturated heterocycles. The summed E-state index contributed by atoms with van der Waals surface area (Å²) in [6.07, 6.45) is -0.496. The number of allylic oxidation sites excluding steroid dienone is 2. The van der Waals surface area contributed by atoms with Gasteiger partial charge in [0.05, 0.1) is 43.9 Å². The topological polar surface area (TPSA) is 105 Å². The van der Waals surface area contributed by atoms with Gasteiger partial charge in [-0.15, -0.1) is 0 Å². The number of carbonyl (C=O) groups excluding carboxylic acids is 4. The van der Waals surface area contributed by atoms with Crippen LogP contribution in [0.25, 0.3) is 0 Å². The van der Waals surface area contributed by atoms with Gasteiger partial charge in [0, 0.05) is 11.1 Å². The smallest absolute Gasteiger partial charge is 0.316 e. The molecule has 0 N–H and O–H groups in total. The molecule has 0 amide bonds. The Labute approximate surface area is 181 Å². The van der Waals surface area contributed by atoms with Gasteiger partial charge in [0.25, 0.3) is 0 Å². The molecule has 1 aromatic carbocycles. The Hall–Kier alpha value is -2.36. The maximum Gasteiger partial charge on any atom is 0.316 e. The number of halogens is 1. The minimum absolute atomic E-state index is 0.00883. The summed E-state index contributed by atoms with van der Waals surface area (Å²) in [6, 6.07) is 4.70. The number of ether oxygens (including phenoxy) is 4. The lowest BCUT2D eigenvalue weighted by Crippen LogP contribution is -2.36. The largest absolute Gasteiger partial charge is 0.496 e. The number of ketones is 3. The summed E-state index contributed by atoms with van der Waals surface area (Å²) in [5, 5.41) is 0. The van der Waals surface area contributed by atoms with Crippen molar-refractivity contribution in [3.8, 4) is 5.75 Å². The average molecular weight is 481 g/mol. The van der Waals surface area contributed by atoms with Crippen molar-refractivity contribution >= 4 is 39.2 Å². The van der Waals surface area contributed by atoms with Crippen molar-refractivity contribution in [1.82, 2.24) is 0 Å². The van der Waals surface area contributed by atoms with Gasteiger partial charge in [0.1, 0.15) is 11.7 Å². The molecule has 1 aromatic rings. The summed E-state index contributed by atoms with van der Waals surface area (Å²) < 4.78 is 20.9. The third-order valence-electron chi connectivity index (χ3n) is 5.13. The molecule has 8 nitrogen and oxygen atoms in total.